The monoisotopic (exact) mass is 324 g/mol. The summed E-state index contributed by atoms with van der Waals surface area (Å²) in [5.74, 6) is 0. The molecule has 4 heteroatoms. The van der Waals surface area contributed by atoms with Gasteiger partial charge in [0, 0.05) is 30.4 Å². The van der Waals surface area contributed by atoms with Gasteiger partial charge in [-0.3, -0.25) is 4.79 Å². The molecule has 0 radical (unpaired) electrons. The fourth-order valence-electron chi connectivity index (χ4n) is 2.62. The van der Waals surface area contributed by atoms with Gasteiger partial charge >= 0.3 is 0 Å². The highest BCUT2D eigenvalue weighted by atomic mass is 35.5. The molecule has 0 saturated heterocycles. The molecule has 0 unspecified atom stereocenters. The Bertz CT molecular complexity index is 868. The first kappa shape index (κ1) is 15.4. The molecule has 0 atom stereocenters. The number of aromatic nitrogens is 1. The fourth-order valence-corrected chi connectivity index (χ4v) is 2.75. The Balaban J connectivity index is 2.25. The number of benzene rings is 2. The average molecular weight is 325 g/mol. The van der Waals surface area contributed by atoms with Crippen LogP contribution in [0.25, 0.3) is 22.4 Å². The second-order valence-corrected chi connectivity index (χ2v) is 5.98. The van der Waals surface area contributed by atoms with Crippen LogP contribution in [0.15, 0.2) is 65.5 Å². The van der Waals surface area contributed by atoms with Crippen LogP contribution in [0.1, 0.15) is 0 Å². The summed E-state index contributed by atoms with van der Waals surface area (Å²) in [6.07, 6.45) is 0. The highest BCUT2D eigenvalue weighted by Gasteiger charge is 2.14. The van der Waals surface area contributed by atoms with Gasteiger partial charge in [-0.1, -0.05) is 54.1 Å². The Hall–Kier alpha value is -2.52. The van der Waals surface area contributed by atoms with Crippen molar-refractivity contribution in [2.45, 2.75) is 0 Å². The minimum atomic E-state index is -0.110. The number of hydrogen-bond acceptors (Lipinski definition) is 2. The maximum absolute atomic E-state index is 12.6. The van der Waals surface area contributed by atoms with Gasteiger partial charge in [0.25, 0.3) is 5.56 Å². The van der Waals surface area contributed by atoms with Gasteiger partial charge in [0.1, 0.15) is 5.69 Å². The number of halogens is 1. The first-order valence-electron chi connectivity index (χ1n) is 7.32. The van der Waals surface area contributed by atoms with Crippen LogP contribution in [-0.4, -0.2) is 19.1 Å². The van der Waals surface area contributed by atoms with E-state index in [1.165, 1.54) is 0 Å². The molecule has 116 valence electrons. The zero-order valence-electron chi connectivity index (χ0n) is 13.0. The van der Waals surface area contributed by atoms with Crippen molar-refractivity contribution in [1.82, 2.24) is 4.98 Å². The van der Waals surface area contributed by atoms with E-state index in [0.717, 1.165) is 22.4 Å². The van der Waals surface area contributed by atoms with Gasteiger partial charge in [0.15, 0.2) is 0 Å². The number of nitrogens with one attached hydrogen (secondary N) is 1. The summed E-state index contributed by atoms with van der Waals surface area (Å²) in [6.45, 7) is 0. The third kappa shape index (κ3) is 3.15. The molecule has 0 aliphatic carbocycles. The van der Waals surface area contributed by atoms with Crippen LogP contribution in [0.3, 0.4) is 0 Å². The van der Waals surface area contributed by atoms with Crippen molar-refractivity contribution in [3.8, 4) is 22.4 Å². The van der Waals surface area contributed by atoms with E-state index >= 15 is 0 Å². The van der Waals surface area contributed by atoms with Crippen molar-refractivity contribution in [3.05, 3.63) is 76.0 Å². The van der Waals surface area contributed by atoms with Crippen molar-refractivity contribution in [1.29, 1.82) is 0 Å². The summed E-state index contributed by atoms with van der Waals surface area (Å²) < 4.78 is 0. The van der Waals surface area contributed by atoms with Crippen molar-refractivity contribution in [2.24, 2.45) is 0 Å². The largest absolute Gasteiger partial charge is 0.373 e. The van der Waals surface area contributed by atoms with Crippen molar-refractivity contribution in [2.75, 3.05) is 19.0 Å². The molecule has 0 aliphatic heterocycles. The minimum Gasteiger partial charge on any atom is -0.373 e. The lowest BCUT2D eigenvalue weighted by atomic mass is 10.0. The minimum absolute atomic E-state index is 0.110. The van der Waals surface area contributed by atoms with Crippen LogP contribution in [0.4, 0.5) is 5.69 Å². The van der Waals surface area contributed by atoms with Gasteiger partial charge in [0.2, 0.25) is 0 Å². The molecule has 3 rings (SSSR count). The van der Waals surface area contributed by atoms with Crippen LogP contribution >= 0.6 is 11.6 Å². The van der Waals surface area contributed by atoms with E-state index < -0.39 is 0 Å². The Labute approximate surface area is 140 Å². The van der Waals surface area contributed by atoms with Gasteiger partial charge in [-0.15, -0.1) is 0 Å². The van der Waals surface area contributed by atoms with Gasteiger partial charge < -0.3 is 9.88 Å². The third-order valence-corrected chi connectivity index (χ3v) is 3.95. The number of nitrogens with zero attached hydrogens (tertiary/aromatic N) is 1. The number of H-pyrrole nitrogens is 1. The Morgan fingerprint density at radius 2 is 1.57 bits per heavy atom. The van der Waals surface area contributed by atoms with E-state index in [2.05, 4.69) is 4.98 Å². The quantitative estimate of drug-likeness (QED) is 0.773. The number of aromatic amines is 1. The summed E-state index contributed by atoms with van der Waals surface area (Å²) in [6, 6.07) is 19.4. The topological polar surface area (TPSA) is 36.1 Å². The fraction of sp³-hybridized carbons (Fsp3) is 0.105. The predicted molar refractivity (Wildman–Crippen MR) is 97.3 cm³/mol. The molecule has 0 fully saturated rings. The molecular formula is C19H17ClN2O. The molecule has 0 bridgehead atoms. The number of rotatable bonds is 3. The summed E-state index contributed by atoms with van der Waals surface area (Å²) >= 11 is 5.98. The molecule has 0 aliphatic rings. The molecular weight excluding hydrogens is 308 g/mol. The normalized spacial score (nSPS) is 10.6. The van der Waals surface area contributed by atoms with Gasteiger partial charge in [0.05, 0.1) is 0 Å². The first-order chi connectivity index (χ1) is 11.1. The van der Waals surface area contributed by atoms with Gasteiger partial charge in [-0.25, -0.2) is 0 Å². The van der Waals surface area contributed by atoms with Gasteiger partial charge in [-0.2, -0.15) is 0 Å². The maximum atomic E-state index is 12.6. The maximum Gasteiger partial charge on any atom is 0.272 e. The van der Waals surface area contributed by atoms with E-state index in [1.807, 2.05) is 79.7 Å². The first-order valence-corrected chi connectivity index (χ1v) is 7.70. The molecule has 0 spiro atoms. The summed E-state index contributed by atoms with van der Waals surface area (Å²) in [4.78, 5) is 17.4. The summed E-state index contributed by atoms with van der Waals surface area (Å²) in [5, 5.41) is 0.674. The molecule has 0 saturated carbocycles. The van der Waals surface area contributed by atoms with Crippen LogP contribution in [0, 0.1) is 0 Å². The molecule has 1 N–H and O–H groups in total. The highest BCUT2D eigenvalue weighted by Crippen LogP contribution is 2.31. The van der Waals surface area contributed by atoms with E-state index in [4.69, 9.17) is 11.6 Å². The second kappa shape index (κ2) is 6.31. The zero-order chi connectivity index (χ0) is 16.4. The number of anilines is 1. The van der Waals surface area contributed by atoms with Crippen molar-refractivity contribution >= 4 is 17.3 Å². The smallest absolute Gasteiger partial charge is 0.272 e. The lowest BCUT2D eigenvalue weighted by molar-refractivity contribution is 1.09. The highest BCUT2D eigenvalue weighted by molar-refractivity contribution is 6.30. The van der Waals surface area contributed by atoms with Crippen molar-refractivity contribution in [3.63, 3.8) is 0 Å². The summed E-state index contributed by atoms with van der Waals surface area (Å²) in [5.41, 5.74) is 4.14. The Morgan fingerprint density at radius 3 is 2.17 bits per heavy atom. The number of pyridine rings is 1. The second-order valence-electron chi connectivity index (χ2n) is 5.54. The average Bonchev–Trinajstić information content (AvgIpc) is 2.55. The molecule has 1 aromatic heterocycles. The van der Waals surface area contributed by atoms with E-state index in [0.29, 0.717) is 10.7 Å². The van der Waals surface area contributed by atoms with E-state index in [9.17, 15) is 4.79 Å². The van der Waals surface area contributed by atoms with Crippen LogP contribution in [0.5, 0.6) is 0 Å². The Morgan fingerprint density at radius 1 is 0.913 bits per heavy atom. The molecule has 3 nitrogen and oxygen atoms in total. The molecule has 1 heterocycles. The van der Waals surface area contributed by atoms with Crippen molar-refractivity contribution < 1.29 is 0 Å². The predicted octanol–water partition coefficient (Wildman–Crippen LogP) is 4.43. The van der Waals surface area contributed by atoms with Crippen LogP contribution in [0.2, 0.25) is 5.02 Å². The van der Waals surface area contributed by atoms with E-state index in [-0.39, 0.29) is 5.56 Å². The number of hydrogen-bond donors (Lipinski definition) is 1. The lowest BCUT2D eigenvalue weighted by Crippen LogP contribution is -2.22. The van der Waals surface area contributed by atoms with Crippen LogP contribution < -0.4 is 10.5 Å². The Kier molecular flexibility index (Phi) is 4.22. The molecule has 2 aromatic carbocycles. The SMILES string of the molecule is CN(C)c1c(-c2ccc(Cl)cc2)cc(-c2ccccc2)[nH]c1=O. The zero-order valence-corrected chi connectivity index (χ0v) is 13.8. The van der Waals surface area contributed by atoms with E-state index in [1.54, 1.807) is 0 Å². The molecule has 23 heavy (non-hydrogen) atoms. The third-order valence-electron chi connectivity index (χ3n) is 3.69. The van der Waals surface area contributed by atoms with Gasteiger partial charge in [-0.05, 0) is 29.3 Å². The standard InChI is InChI=1S/C19H17ClN2O/c1-22(2)18-16(13-8-10-15(20)11-9-13)12-17(21-19(18)23)14-6-4-3-5-7-14/h3-12H,1-2H3,(H,21,23). The van der Waals surface area contributed by atoms with Crippen LogP contribution in [-0.2, 0) is 0 Å². The summed E-state index contributed by atoms with van der Waals surface area (Å²) in [7, 11) is 3.73. The molecule has 3 aromatic rings. The molecule has 0 amide bonds. The lowest BCUT2D eigenvalue weighted by Gasteiger charge is -2.18.